The SMILES string of the molecule is COc1ccc(Cc2nnc(NC(=O)[C@H]3CCCN(C(=O)N(C)C)C3)s2)cc1OC. The minimum atomic E-state index is -0.249. The summed E-state index contributed by atoms with van der Waals surface area (Å²) in [6.45, 7) is 1.09. The number of aromatic nitrogens is 2. The van der Waals surface area contributed by atoms with Gasteiger partial charge in [0.1, 0.15) is 5.01 Å². The van der Waals surface area contributed by atoms with Crippen LogP contribution < -0.4 is 14.8 Å². The summed E-state index contributed by atoms with van der Waals surface area (Å²) >= 11 is 1.34. The minimum Gasteiger partial charge on any atom is -0.493 e. The second-order valence-corrected chi connectivity index (χ2v) is 8.38. The first-order valence-corrected chi connectivity index (χ1v) is 10.5. The van der Waals surface area contributed by atoms with Crippen molar-refractivity contribution in [2.45, 2.75) is 19.3 Å². The van der Waals surface area contributed by atoms with Gasteiger partial charge < -0.3 is 24.6 Å². The standard InChI is InChI=1S/C20H27N5O4S/c1-24(2)20(27)25-9-5-6-14(12-25)18(26)21-19-23-22-17(30-19)11-13-7-8-15(28-3)16(10-13)29-4/h7-8,10,14H,5-6,9,11-12H2,1-4H3,(H,21,23,26)/t14-/m0/s1. The van der Waals surface area contributed by atoms with Crippen LogP contribution in [0.15, 0.2) is 18.2 Å². The van der Waals surface area contributed by atoms with Crippen molar-refractivity contribution in [3.8, 4) is 11.5 Å². The number of urea groups is 1. The second-order valence-electron chi connectivity index (χ2n) is 7.32. The molecule has 1 saturated heterocycles. The Morgan fingerprint density at radius 3 is 2.70 bits per heavy atom. The van der Waals surface area contributed by atoms with Crippen LogP contribution in [0.2, 0.25) is 0 Å². The molecule has 2 aromatic rings. The molecule has 3 amide bonds. The van der Waals surface area contributed by atoms with Gasteiger partial charge in [0.15, 0.2) is 11.5 Å². The van der Waals surface area contributed by atoms with Crippen LogP contribution >= 0.6 is 11.3 Å². The molecule has 0 aliphatic carbocycles. The van der Waals surface area contributed by atoms with Gasteiger partial charge in [-0.1, -0.05) is 17.4 Å². The molecule has 0 saturated carbocycles. The van der Waals surface area contributed by atoms with E-state index >= 15 is 0 Å². The van der Waals surface area contributed by atoms with E-state index in [1.54, 1.807) is 33.2 Å². The lowest BCUT2D eigenvalue weighted by molar-refractivity contribution is -0.121. The molecular formula is C20H27N5O4S. The molecule has 2 heterocycles. The normalized spacial score (nSPS) is 16.1. The number of amides is 3. The molecule has 1 fully saturated rings. The third-order valence-corrected chi connectivity index (χ3v) is 5.78. The lowest BCUT2D eigenvalue weighted by atomic mass is 9.97. The van der Waals surface area contributed by atoms with E-state index in [4.69, 9.17) is 9.47 Å². The van der Waals surface area contributed by atoms with Crippen LogP contribution in [0, 0.1) is 5.92 Å². The van der Waals surface area contributed by atoms with E-state index in [9.17, 15) is 9.59 Å². The first-order valence-electron chi connectivity index (χ1n) is 9.71. The number of hydrogen-bond acceptors (Lipinski definition) is 7. The smallest absolute Gasteiger partial charge is 0.319 e. The van der Waals surface area contributed by atoms with E-state index in [0.717, 1.165) is 23.4 Å². The average Bonchev–Trinajstić information content (AvgIpc) is 3.19. The van der Waals surface area contributed by atoms with E-state index in [0.29, 0.717) is 36.1 Å². The second kappa shape index (κ2) is 9.75. The number of nitrogens with zero attached hydrogens (tertiary/aromatic N) is 4. The fraction of sp³-hybridized carbons (Fsp3) is 0.500. The molecule has 1 aliphatic heterocycles. The zero-order valence-electron chi connectivity index (χ0n) is 17.7. The summed E-state index contributed by atoms with van der Waals surface area (Å²) in [5.74, 6) is 0.948. The molecule has 1 aromatic carbocycles. The highest BCUT2D eigenvalue weighted by molar-refractivity contribution is 7.15. The van der Waals surface area contributed by atoms with Gasteiger partial charge in [0.25, 0.3) is 0 Å². The van der Waals surface area contributed by atoms with Crippen LogP contribution in [-0.2, 0) is 11.2 Å². The molecule has 30 heavy (non-hydrogen) atoms. The number of carbonyl (C=O) groups is 2. The Hall–Kier alpha value is -2.88. The van der Waals surface area contributed by atoms with Crippen LogP contribution in [0.25, 0.3) is 0 Å². The third-order valence-electron chi connectivity index (χ3n) is 4.95. The van der Waals surface area contributed by atoms with Crippen molar-refractivity contribution in [2.75, 3.05) is 46.7 Å². The summed E-state index contributed by atoms with van der Waals surface area (Å²) in [5, 5.41) is 12.4. The number of anilines is 1. The molecule has 1 N–H and O–H groups in total. The zero-order chi connectivity index (χ0) is 21.7. The highest BCUT2D eigenvalue weighted by atomic mass is 32.1. The molecule has 0 unspecified atom stereocenters. The van der Waals surface area contributed by atoms with Crippen LogP contribution in [0.4, 0.5) is 9.93 Å². The first kappa shape index (κ1) is 21.8. The highest BCUT2D eigenvalue weighted by Crippen LogP contribution is 2.29. The van der Waals surface area contributed by atoms with Gasteiger partial charge in [0.05, 0.1) is 20.1 Å². The topological polar surface area (TPSA) is 96.9 Å². The summed E-state index contributed by atoms with van der Waals surface area (Å²) in [6, 6.07) is 5.62. The van der Waals surface area contributed by atoms with Crippen molar-refractivity contribution in [3.63, 3.8) is 0 Å². The third kappa shape index (κ3) is 5.18. The highest BCUT2D eigenvalue weighted by Gasteiger charge is 2.29. The molecular weight excluding hydrogens is 406 g/mol. The average molecular weight is 434 g/mol. The number of nitrogens with one attached hydrogen (secondary N) is 1. The minimum absolute atomic E-state index is 0.0689. The summed E-state index contributed by atoms with van der Waals surface area (Å²) in [4.78, 5) is 28.1. The monoisotopic (exact) mass is 433 g/mol. The summed E-state index contributed by atoms with van der Waals surface area (Å²) in [7, 11) is 6.62. The van der Waals surface area contributed by atoms with Crippen molar-refractivity contribution in [3.05, 3.63) is 28.8 Å². The molecule has 1 atom stereocenters. The van der Waals surface area contributed by atoms with Gasteiger partial charge in [-0.25, -0.2) is 4.79 Å². The van der Waals surface area contributed by atoms with Gasteiger partial charge in [-0.2, -0.15) is 0 Å². The van der Waals surface area contributed by atoms with Gasteiger partial charge in [-0.15, -0.1) is 10.2 Å². The molecule has 3 rings (SSSR count). The number of piperidine rings is 1. The fourth-order valence-corrected chi connectivity index (χ4v) is 4.17. The number of rotatable bonds is 6. The molecule has 0 bridgehead atoms. The van der Waals surface area contributed by atoms with Crippen LogP contribution in [0.3, 0.4) is 0 Å². The molecule has 1 aromatic heterocycles. The van der Waals surface area contributed by atoms with Gasteiger partial charge >= 0.3 is 6.03 Å². The van der Waals surface area contributed by atoms with Gasteiger partial charge in [0.2, 0.25) is 11.0 Å². The van der Waals surface area contributed by atoms with Crippen LogP contribution in [0.1, 0.15) is 23.4 Å². The van der Waals surface area contributed by atoms with E-state index in [2.05, 4.69) is 15.5 Å². The van der Waals surface area contributed by atoms with Crippen molar-refractivity contribution < 1.29 is 19.1 Å². The van der Waals surface area contributed by atoms with Gasteiger partial charge in [-0.05, 0) is 30.5 Å². The summed E-state index contributed by atoms with van der Waals surface area (Å²) in [6.07, 6.45) is 2.13. The van der Waals surface area contributed by atoms with E-state index in [-0.39, 0.29) is 17.9 Å². The Kier molecular flexibility index (Phi) is 7.09. The van der Waals surface area contributed by atoms with E-state index < -0.39 is 0 Å². The number of ether oxygens (including phenoxy) is 2. The summed E-state index contributed by atoms with van der Waals surface area (Å²) < 4.78 is 10.6. The largest absolute Gasteiger partial charge is 0.493 e. The number of carbonyl (C=O) groups excluding carboxylic acids is 2. The van der Waals surface area contributed by atoms with E-state index in [1.807, 2.05) is 18.2 Å². The lowest BCUT2D eigenvalue weighted by Gasteiger charge is -2.33. The number of hydrogen-bond donors (Lipinski definition) is 1. The zero-order valence-corrected chi connectivity index (χ0v) is 18.5. The Bertz CT molecular complexity index is 901. The Balaban J connectivity index is 1.60. The first-order chi connectivity index (χ1) is 14.4. The lowest BCUT2D eigenvalue weighted by Crippen LogP contribution is -2.47. The quantitative estimate of drug-likeness (QED) is 0.752. The molecule has 0 spiro atoms. The number of benzene rings is 1. The summed E-state index contributed by atoms with van der Waals surface area (Å²) in [5.41, 5.74) is 1.01. The van der Waals surface area contributed by atoms with Gasteiger partial charge in [0, 0.05) is 33.6 Å². The fourth-order valence-electron chi connectivity index (χ4n) is 3.40. The Labute approximate surface area is 180 Å². The maximum absolute atomic E-state index is 12.7. The Morgan fingerprint density at radius 2 is 2.00 bits per heavy atom. The maximum atomic E-state index is 12.7. The predicted molar refractivity (Wildman–Crippen MR) is 114 cm³/mol. The predicted octanol–water partition coefficient (Wildman–Crippen LogP) is 2.48. The molecule has 0 radical (unpaired) electrons. The van der Waals surface area contributed by atoms with Crippen molar-refractivity contribution in [2.24, 2.45) is 5.92 Å². The number of likely N-dealkylation sites (tertiary alicyclic amines) is 1. The maximum Gasteiger partial charge on any atom is 0.319 e. The van der Waals surface area contributed by atoms with Crippen LogP contribution in [-0.4, -0.2) is 73.3 Å². The molecule has 10 heteroatoms. The molecule has 9 nitrogen and oxygen atoms in total. The van der Waals surface area contributed by atoms with Crippen LogP contribution in [0.5, 0.6) is 11.5 Å². The van der Waals surface area contributed by atoms with Crippen molar-refractivity contribution in [1.29, 1.82) is 0 Å². The Morgan fingerprint density at radius 1 is 1.23 bits per heavy atom. The number of methoxy groups -OCH3 is 2. The van der Waals surface area contributed by atoms with Crippen molar-refractivity contribution in [1.82, 2.24) is 20.0 Å². The van der Waals surface area contributed by atoms with Gasteiger partial charge in [-0.3, -0.25) is 4.79 Å². The molecule has 162 valence electrons. The molecule has 1 aliphatic rings. The van der Waals surface area contributed by atoms with Crippen molar-refractivity contribution >= 4 is 28.4 Å². The van der Waals surface area contributed by atoms with E-state index in [1.165, 1.54) is 16.2 Å².